The third kappa shape index (κ3) is 5.44. The van der Waals surface area contributed by atoms with Gasteiger partial charge >= 0.3 is 0 Å². The van der Waals surface area contributed by atoms with E-state index in [0.717, 1.165) is 28.3 Å². The minimum absolute atomic E-state index is 0.0860. The Morgan fingerprint density at radius 3 is 2.72 bits per heavy atom. The number of hydrogen-bond donors (Lipinski definition) is 2. The summed E-state index contributed by atoms with van der Waals surface area (Å²) in [5.41, 5.74) is 3.76. The minimum atomic E-state index is -0.0860. The molecule has 1 heterocycles. The number of nitrogens with zero attached hydrogens (tertiary/aromatic N) is 3. The second kappa shape index (κ2) is 9.52. The van der Waals surface area contributed by atoms with Gasteiger partial charge in [-0.25, -0.2) is 0 Å². The van der Waals surface area contributed by atoms with Gasteiger partial charge in [-0.3, -0.25) is 4.79 Å². The van der Waals surface area contributed by atoms with Crippen molar-refractivity contribution < 1.29 is 4.79 Å². The molecule has 0 unspecified atom stereocenters. The van der Waals surface area contributed by atoms with Crippen LogP contribution in [0.5, 0.6) is 0 Å². The van der Waals surface area contributed by atoms with Crippen LogP contribution in [-0.4, -0.2) is 26.4 Å². The number of carbonyl (C=O) groups excluding carboxylic acids is 1. The van der Waals surface area contributed by atoms with Crippen molar-refractivity contribution in [2.75, 3.05) is 16.4 Å². The maximum Gasteiger partial charge on any atom is 0.234 e. The molecule has 3 rings (SSSR count). The topological polar surface area (TPSA) is 71.8 Å². The van der Waals surface area contributed by atoms with Gasteiger partial charge in [-0.2, -0.15) is 0 Å². The predicted molar refractivity (Wildman–Crippen MR) is 120 cm³/mol. The molecular weight excluding hydrogens is 429 g/mol. The first-order valence-electron chi connectivity index (χ1n) is 8.91. The van der Waals surface area contributed by atoms with Crippen LogP contribution in [0.15, 0.2) is 41.6 Å². The first kappa shape index (κ1) is 21.5. The Bertz CT molecular complexity index is 1040. The van der Waals surface area contributed by atoms with Gasteiger partial charge in [0.1, 0.15) is 0 Å². The number of halogens is 2. The van der Waals surface area contributed by atoms with Gasteiger partial charge in [0.25, 0.3) is 0 Å². The van der Waals surface area contributed by atoms with Crippen LogP contribution in [0.2, 0.25) is 10.0 Å². The summed E-state index contributed by atoms with van der Waals surface area (Å²) in [6.07, 6.45) is 0. The number of thioether (sulfide) groups is 1. The lowest BCUT2D eigenvalue weighted by atomic mass is 10.1. The molecule has 0 fully saturated rings. The summed E-state index contributed by atoms with van der Waals surface area (Å²) in [5, 5.41) is 16.4. The van der Waals surface area contributed by atoms with Crippen LogP contribution in [0.1, 0.15) is 17.0 Å². The quantitative estimate of drug-likeness (QED) is 0.491. The largest absolute Gasteiger partial charge is 0.376 e. The average molecular weight is 450 g/mol. The van der Waals surface area contributed by atoms with E-state index in [1.165, 1.54) is 11.8 Å². The molecule has 9 heteroatoms. The Labute approximate surface area is 184 Å². The standard InChI is InChI=1S/C20H21Cl2N5OS/c1-12-5-4-6-16(13(12)2)24-19(28)11-29-20-26-25-18(27(20)3)10-23-17-9-14(21)7-8-15(17)22/h4-9,23H,10-11H2,1-3H3,(H,24,28). The summed E-state index contributed by atoms with van der Waals surface area (Å²) >= 11 is 13.5. The highest BCUT2D eigenvalue weighted by Crippen LogP contribution is 2.26. The van der Waals surface area contributed by atoms with Gasteiger partial charge in [-0.15, -0.1) is 10.2 Å². The van der Waals surface area contributed by atoms with Crippen molar-refractivity contribution in [1.29, 1.82) is 0 Å². The number of aryl methyl sites for hydroxylation is 1. The summed E-state index contributed by atoms with van der Waals surface area (Å²) < 4.78 is 1.85. The maximum atomic E-state index is 12.3. The van der Waals surface area contributed by atoms with E-state index in [4.69, 9.17) is 23.2 Å². The normalized spacial score (nSPS) is 10.8. The first-order valence-corrected chi connectivity index (χ1v) is 10.7. The van der Waals surface area contributed by atoms with Crippen LogP contribution in [-0.2, 0) is 18.4 Å². The second-order valence-corrected chi connectivity index (χ2v) is 8.31. The molecule has 0 atom stereocenters. The molecule has 0 aliphatic heterocycles. The molecule has 0 saturated carbocycles. The van der Waals surface area contributed by atoms with E-state index in [1.807, 2.05) is 43.7 Å². The van der Waals surface area contributed by atoms with Crippen LogP contribution < -0.4 is 10.6 Å². The Morgan fingerprint density at radius 1 is 1.14 bits per heavy atom. The molecule has 152 valence electrons. The van der Waals surface area contributed by atoms with Gasteiger partial charge < -0.3 is 15.2 Å². The fraction of sp³-hybridized carbons (Fsp3) is 0.250. The second-order valence-electron chi connectivity index (χ2n) is 6.52. The lowest BCUT2D eigenvalue weighted by Gasteiger charge is -2.10. The highest BCUT2D eigenvalue weighted by Gasteiger charge is 2.13. The molecule has 0 spiro atoms. The van der Waals surface area contributed by atoms with Gasteiger partial charge in [0.15, 0.2) is 11.0 Å². The number of rotatable bonds is 7. The van der Waals surface area contributed by atoms with Crippen LogP contribution in [0.3, 0.4) is 0 Å². The molecule has 0 aliphatic carbocycles. The number of carbonyl (C=O) groups is 1. The van der Waals surface area contributed by atoms with E-state index in [-0.39, 0.29) is 11.7 Å². The van der Waals surface area contributed by atoms with Crippen molar-refractivity contribution in [1.82, 2.24) is 14.8 Å². The summed E-state index contributed by atoms with van der Waals surface area (Å²) in [5.74, 6) is 0.878. The monoisotopic (exact) mass is 449 g/mol. The maximum absolute atomic E-state index is 12.3. The van der Waals surface area contributed by atoms with Gasteiger partial charge in [0.05, 0.1) is 23.0 Å². The third-order valence-corrected chi connectivity index (χ3v) is 6.09. The fourth-order valence-electron chi connectivity index (χ4n) is 2.63. The van der Waals surface area contributed by atoms with Gasteiger partial charge in [0.2, 0.25) is 5.91 Å². The molecule has 0 bridgehead atoms. The number of anilines is 2. The molecule has 2 N–H and O–H groups in total. The highest BCUT2D eigenvalue weighted by atomic mass is 35.5. The van der Waals surface area contributed by atoms with Crippen molar-refractivity contribution in [2.24, 2.45) is 7.05 Å². The van der Waals surface area contributed by atoms with Crippen LogP contribution in [0.4, 0.5) is 11.4 Å². The van der Waals surface area contributed by atoms with Gasteiger partial charge in [-0.05, 0) is 49.2 Å². The molecule has 1 aromatic heterocycles. The smallest absolute Gasteiger partial charge is 0.234 e. The van der Waals surface area contributed by atoms with E-state index in [1.54, 1.807) is 18.2 Å². The molecule has 0 radical (unpaired) electrons. The highest BCUT2D eigenvalue weighted by molar-refractivity contribution is 7.99. The number of aromatic nitrogens is 3. The number of nitrogens with one attached hydrogen (secondary N) is 2. The fourth-order valence-corrected chi connectivity index (χ4v) is 3.72. The summed E-state index contributed by atoms with van der Waals surface area (Å²) in [7, 11) is 1.86. The minimum Gasteiger partial charge on any atom is -0.376 e. The Kier molecular flexibility index (Phi) is 7.05. The zero-order valence-corrected chi connectivity index (χ0v) is 18.6. The third-order valence-electron chi connectivity index (χ3n) is 4.50. The summed E-state index contributed by atoms with van der Waals surface area (Å²) in [6, 6.07) is 11.1. The van der Waals surface area contributed by atoms with Crippen LogP contribution >= 0.6 is 35.0 Å². The zero-order chi connectivity index (χ0) is 21.0. The Hall–Kier alpha value is -2.22. The van der Waals surface area contributed by atoms with Crippen molar-refractivity contribution in [3.8, 4) is 0 Å². The average Bonchev–Trinajstić information content (AvgIpc) is 3.04. The van der Waals surface area contributed by atoms with Crippen LogP contribution in [0.25, 0.3) is 0 Å². The van der Waals surface area contributed by atoms with Crippen molar-refractivity contribution in [3.05, 3.63) is 63.4 Å². The van der Waals surface area contributed by atoms with E-state index in [2.05, 4.69) is 20.8 Å². The van der Waals surface area contributed by atoms with Gasteiger partial charge in [-0.1, -0.05) is 47.1 Å². The lowest BCUT2D eigenvalue weighted by molar-refractivity contribution is -0.113. The molecule has 2 aromatic carbocycles. The number of hydrogen-bond acceptors (Lipinski definition) is 5. The van der Waals surface area contributed by atoms with Crippen LogP contribution in [0, 0.1) is 13.8 Å². The first-order chi connectivity index (χ1) is 13.8. The predicted octanol–water partition coefficient (Wildman–Crippen LogP) is 5.08. The van der Waals surface area contributed by atoms with Crippen molar-refractivity contribution in [2.45, 2.75) is 25.5 Å². The summed E-state index contributed by atoms with van der Waals surface area (Å²) in [6.45, 7) is 4.44. The number of amides is 1. The molecular formula is C20H21Cl2N5OS. The zero-order valence-electron chi connectivity index (χ0n) is 16.3. The summed E-state index contributed by atoms with van der Waals surface area (Å²) in [4.78, 5) is 12.3. The van der Waals surface area contributed by atoms with E-state index in [0.29, 0.717) is 21.7 Å². The molecule has 6 nitrogen and oxygen atoms in total. The van der Waals surface area contributed by atoms with Gasteiger partial charge in [0, 0.05) is 17.8 Å². The van der Waals surface area contributed by atoms with Crippen molar-refractivity contribution >= 4 is 52.2 Å². The van der Waals surface area contributed by atoms with E-state index >= 15 is 0 Å². The Morgan fingerprint density at radius 2 is 1.93 bits per heavy atom. The van der Waals surface area contributed by atoms with E-state index < -0.39 is 0 Å². The SMILES string of the molecule is Cc1cccc(NC(=O)CSc2nnc(CNc3cc(Cl)ccc3Cl)n2C)c1C. The lowest BCUT2D eigenvalue weighted by Crippen LogP contribution is -2.15. The van der Waals surface area contributed by atoms with Crippen molar-refractivity contribution in [3.63, 3.8) is 0 Å². The van der Waals surface area contributed by atoms with E-state index in [9.17, 15) is 4.79 Å². The molecule has 3 aromatic rings. The molecule has 29 heavy (non-hydrogen) atoms. The molecule has 0 saturated heterocycles. The molecule has 1 amide bonds. The Balaban J connectivity index is 1.57. The number of benzene rings is 2. The molecule has 0 aliphatic rings.